The summed E-state index contributed by atoms with van der Waals surface area (Å²) in [4.78, 5) is 26.1. The Labute approximate surface area is 212 Å². The van der Waals surface area contributed by atoms with Gasteiger partial charge in [0.15, 0.2) is 4.21 Å². The average molecular weight is 528 g/mol. The van der Waals surface area contributed by atoms with Gasteiger partial charge in [0.2, 0.25) is 5.88 Å². The largest absolute Gasteiger partial charge is 0.480 e. The van der Waals surface area contributed by atoms with Crippen LogP contribution in [-0.2, 0) is 21.2 Å². The van der Waals surface area contributed by atoms with E-state index < -0.39 is 10.0 Å². The lowest BCUT2D eigenvalue weighted by molar-refractivity contribution is -0.0352. The fourth-order valence-corrected chi connectivity index (χ4v) is 6.60. The number of pyridine rings is 2. The van der Waals surface area contributed by atoms with Gasteiger partial charge in [-0.2, -0.15) is 0 Å². The van der Waals surface area contributed by atoms with Gasteiger partial charge in [0.05, 0.1) is 31.0 Å². The maximum Gasteiger partial charge on any atom is 0.273 e. The molecular weight excluding hydrogens is 502 g/mol. The number of methoxy groups -OCH3 is 1. The molecule has 0 amide bonds. The highest BCUT2D eigenvalue weighted by Crippen LogP contribution is 2.32. The van der Waals surface area contributed by atoms with Crippen molar-refractivity contribution >= 4 is 32.7 Å². The van der Waals surface area contributed by atoms with E-state index >= 15 is 0 Å². The molecule has 188 valence electrons. The molecule has 0 unspecified atom stereocenters. The third-order valence-corrected chi connectivity index (χ3v) is 9.08. The molecule has 10 nitrogen and oxygen atoms in total. The van der Waals surface area contributed by atoms with Crippen LogP contribution in [-0.4, -0.2) is 48.1 Å². The number of ether oxygens (including phenoxy) is 2. The zero-order chi connectivity index (χ0) is 25.4. The smallest absolute Gasteiger partial charge is 0.273 e. The van der Waals surface area contributed by atoms with Crippen LogP contribution in [0.2, 0.25) is 0 Å². The van der Waals surface area contributed by atoms with Gasteiger partial charge in [0, 0.05) is 41.2 Å². The van der Waals surface area contributed by atoms with E-state index in [1.807, 2.05) is 6.07 Å². The quantitative estimate of drug-likeness (QED) is 0.370. The van der Waals surface area contributed by atoms with Crippen molar-refractivity contribution in [1.29, 1.82) is 0 Å². The zero-order valence-electron chi connectivity index (χ0n) is 20.0. The lowest BCUT2D eigenvalue weighted by Crippen LogP contribution is -2.29. The number of rotatable bonds is 8. The Hall–Kier alpha value is -3.35. The van der Waals surface area contributed by atoms with Gasteiger partial charge in [0.1, 0.15) is 11.3 Å². The molecule has 5 rings (SSSR count). The molecule has 1 aliphatic heterocycles. The molecule has 0 aromatic carbocycles. The fourth-order valence-electron chi connectivity index (χ4n) is 4.07. The first-order chi connectivity index (χ1) is 17.2. The number of anilines is 1. The molecule has 12 heteroatoms. The van der Waals surface area contributed by atoms with Gasteiger partial charge in [-0.15, -0.1) is 11.3 Å². The number of sulfonamides is 1. The lowest BCUT2D eigenvalue weighted by Gasteiger charge is -2.25. The van der Waals surface area contributed by atoms with Crippen molar-refractivity contribution in [3.05, 3.63) is 63.4 Å². The molecule has 4 aromatic heterocycles. The predicted octanol–water partition coefficient (Wildman–Crippen LogP) is 3.22. The SMILES string of the molecule is COc1ncc(-c2ccc3ncc(CCC4COC4)c(=O)n3c2)cc1NS(=O)(=O)c1sc(C)nc1C. The van der Waals surface area contributed by atoms with Crippen LogP contribution in [0.25, 0.3) is 16.8 Å². The van der Waals surface area contributed by atoms with Gasteiger partial charge < -0.3 is 9.47 Å². The van der Waals surface area contributed by atoms with Gasteiger partial charge in [-0.25, -0.2) is 23.4 Å². The van der Waals surface area contributed by atoms with Gasteiger partial charge in [-0.05, 0) is 44.9 Å². The number of hydrogen-bond acceptors (Lipinski definition) is 9. The summed E-state index contributed by atoms with van der Waals surface area (Å²) in [5, 5.41) is 0.655. The minimum atomic E-state index is -3.90. The summed E-state index contributed by atoms with van der Waals surface area (Å²) in [7, 11) is -2.48. The van der Waals surface area contributed by atoms with Crippen LogP contribution >= 0.6 is 11.3 Å². The molecular formula is C24H25N5O5S2. The van der Waals surface area contributed by atoms with Crippen molar-refractivity contribution in [3.63, 3.8) is 0 Å². The number of aromatic nitrogens is 4. The summed E-state index contributed by atoms with van der Waals surface area (Å²) in [5.41, 5.74) is 2.94. The summed E-state index contributed by atoms with van der Waals surface area (Å²) >= 11 is 1.09. The Morgan fingerprint density at radius 1 is 1.19 bits per heavy atom. The van der Waals surface area contributed by atoms with Gasteiger partial charge in [-0.1, -0.05) is 0 Å². The normalized spacial score (nSPS) is 14.1. The summed E-state index contributed by atoms with van der Waals surface area (Å²) < 4.78 is 40.9. The monoisotopic (exact) mass is 527 g/mol. The van der Waals surface area contributed by atoms with Gasteiger partial charge in [0.25, 0.3) is 15.6 Å². The third kappa shape index (κ3) is 4.71. The highest BCUT2D eigenvalue weighted by molar-refractivity contribution is 7.94. The molecule has 0 spiro atoms. The summed E-state index contributed by atoms with van der Waals surface area (Å²) in [6.45, 7) is 4.89. The Bertz CT molecular complexity index is 1610. The number of nitrogens with one attached hydrogen (secondary N) is 1. The molecule has 1 fully saturated rings. The molecule has 1 saturated heterocycles. The molecule has 0 saturated carbocycles. The zero-order valence-corrected chi connectivity index (χ0v) is 21.6. The number of fused-ring (bicyclic) bond motifs is 1. The van der Waals surface area contributed by atoms with Crippen molar-refractivity contribution in [2.75, 3.05) is 25.0 Å². The van der Waals surface area contributed by atoms with Crippen molar-refractivity contribution in [1.82, 2.24) is 19.4 Å². The maximum absolute atomic E-state index is 13.1. The predicted molar refractivity (Wildman–Crippen MR) is 136 cm³/mol. The van der Waals surface area contributed by atoms with Gasteiger partial charge in [-0.3, -0.25) is 13.9 Å². The lowest BCUT2D eigenvalue weighted by atomic mass is 9.99. The second-order valence-electron chi connectivity index (χ2n) is 8.67. The van der Waals surface area contributed by atoms with E-state index in [0.29, 0.717) is 45.4 Å². The van der Waals surface area contributed by atoms with E-state index in [0.717, 1.165) is 31.0 Å². The maximum atomic E-state index is 13.1. The highest BCUT2D eigenvalue weighted by Gasteiger charge is 2.23. The molecule has 0 radical (unpaired) electrons. The number of hydrogen-bond donors (Lipinski definition) is 1. The molecule has 1 aliphatic rings. The molecule has 36 heavy (non-hydrogen) atoms. The van der Waals surface area contributed by atoms with Crippen LogP contribution in [0.5, 0.6) is 5.88 Å². The Kier molecular flexibility index (Phi) is 6.49. The second-order valence-corrected chi connectivity index (χ2v) is 11.7. The standard InChI is InChI=1S/C24H25N5O5S2/c1-14-24(35-15(2)27-14)36(31,32)28-20-8-19(10-26-22(20)33-3)18-6-7-21-25-9-17(23(30)29(21)11-18)5-4-16-12-34-13-16/h6-11,16,28H,4-5,12-13H2,1-3H3. The molecule has 4 aromatic rings. The summed E-state index contributed by atoms with van der Waals surface area (Å²) in [6.07, 6.45) is 6.42. The average Bonchev–Trinajstić information content (AvgIpc) is 3.18. The molecule has 5 heterocycles. The van der Waals surface area contributed by atoms with E-state index in [1.165, 1.54) is 11.5 Å². The van der Waals surface area contributed by atoms with E-state index in [4.69, 9.17) is 9.47 Å². The van der Waals surface area contributed by atoms with Crippen LogP contribution < -0.4 is 15.0 Å². The second kappa shape index (κ2) is 9.60. The van der Waals surface area contributed by atoms with Crippen LogP contribution in [0.3, 0.4) is 0 Å². The van der Waals surface area contributed by atoms with Crippen molar-refractivity contribution in [2.24, 2.45) is 5.92 Å². The van der Waals surface area contributed by atoms with E-state index in [9.17, 15) is 13.2 Å². The van der Waals surface area contributed by atoms with Crippen LogP contribution in [0.15, 0.2) is 45.8 Å². The van der Waals surface area contributed by atoms with E-state index in [-0.39, 0.29) is 21.3 Å². The van der Waals surface area contributed by atoms with Crippen molar-refractivity contribution < 1.29 is 17.9 Å². The number of aryl methyl sites for hydroxylation is 3. The van der Waals surface area contributed by atoms with Crippen LogP contribution in [0.1, 0.15) is 22.7 Å². The Balaban J connectivity index is 1.49. The highest BCUT2D eigenvalue weighted by atomic mass is 32.2. The molecule has 0 atom stereocenters. The van der Waals surface area contributed by atoms with Crippen molar-refractivity contribution in [2.45, 2.75) is 30.9 Å². The minimum absolute atomic E-state index is 0.125. The molecule has 1 N–H and O–H groups in total. The van der Waals surface area contributed by atoms with Gasteiger partial charge >= 0.3 is 0 Å². The van der Waals surface area contributed by atoms with Crippen molar-refractivity contribution in [3.8, 4) is 17.0 Å². The minimum Gasteiger partial charge on any atom is -0.480 e. The number of nitrogens with zero attached hydrogens (tertiary/aromatic N) is 4. The van der Waals surface area contributed by atoms with E-state index in [1.54, 1.807) is 44.6 Å². The van der Waals surface area contributed by atoms with Crippen LogP contribution in [0, 0.1) is 19.8 Å². The molecule has 0 aliphatic carbocycles. The fraction of sp³-hybridized carbons (Fsp3) is 0.333. The Morgan fingerprint density at radius 2 is 2.00 bits per heavy atom. The number of thiazole rings is 1. The molecule has 0 bridgehead atoms. The summed E-state index contributed by atoms with van der Waals surface area (Å²) in [5.74, 6) is 0.616. The van der Waals surface area contributed by atoms with E-state index in [2.05, 4.69) is 19.7 Å². The van der Waals surface area contributed by atoms with Crippen LogP contribution in [0.4, 0.5) is 5.69 Å². The summed E-state index contributed by atoms with van der Waals surface area (Å²) in [6, 6.07) is 5.19. The first-order valence-electron chi connectivity index (χ1n) is 11.3. The first-order valence-corrected chi connectivity index (χ1v) is 13.6. The Morgan fingerprint density at radius 3 is 2.67 bits per heavy atom. The third-order valence-electron chi connectivity index (χ3n) is 6.03. The first kappa shape index (κ1) is 24.3. The topological polar surface area (TPSA) is 125 Å².